The first-order valence-electron chi connectivity index (χ1n) is 5.90. The van der Waals surface area contributed by atoms with E-state index in [2.05, 4.69) is 20.3 Å². The Bertz CT molecular complexity index is 772. The maximum absolute atomic E-state index is 11.9. The minimum atomic E-state index is -0.107. The van der Waals surface area contributed by atoms with Gasteiger partial charge in [-0.3, -0.25) is 4.79 Å². The van der Waals surface area contributed by atoms with Gasteiger partial charge >= 0.3 is 0 Å². The van der Waals surface area contributed by atoms with E-state index in [0.29, 0.717) is 16.9 Å². The van der Waals surface area contributed by atoms with Gasteiger partial charge in [-0.15, -0.1) is 0 Å². The third-order valence-electron chi connectivity index (χ3n) is 2.86. The van der Waals surface area contributed by atoms with Crippen molar-refractivity contribution in [2.45, 2.75) is 6.92 Å². The van der Waals surface area contributed by atoms with E-state index in [1.165, 1.54) is 18.0 Å². The summed E-state index contributed by atoms with van der Waals surface area (Å²) in [6.07, 6.45) is 3.00. The van der Waals surface area contributed by atoms with Crippen molar-refractivity contribution in [3.05, 3.63) is 58.6 Å². The van der Waals surface area contributed by atoms with Crippen molar-refractivity contribution in [1.82, 2.24) is 15.0 Å². The highest BCUT2D eigenvalue weighted by Crippen LogP contribution is 2.19. The van der Waals surface area contributed by atoms with Gasteiger partial charge in [0.2, 0.25) is 0 Å². The van der Waals surface area contributed by atoms with E-state index in [4.69, 9.17) is 0 Å². The highest BCUT2D eigenvalue weighted by Gasteiger charge is 2.07. The van der Waals surface area contributed by atoms with Crippen LogP contribution in [0.25, 0.3) is 11.0 Å². The summed E-state index contributed by atoms with van der Waals surface area (Å²) >= 11 is 0. The summed E-state index contributed by atoms with van der Waals surface area (Å²) in [5.41, 5.74) is 2.48. The second-order valence-corrected chi connectivity index (χ2v) is 4.28. The SMILES string of the molecule is Cc1ccc(Nc2ncnc3[nH]ccc(=O)c23)cc1. The summed E-state index contributed by atoms with van der Waals surface area (Å²) in [4.78, 5) is 23.0. The van der Waals surface area contributed by atoms with Crippen LogP contribution in [0.15, 0.2) is 47.7 Å². The lowest BCUT2D eigenvalue weighted by molar-refractivity contribution is 1.17. The summed E-state index contributed by atoms with van der Waals surface area (Å²) in [7, 11) is 0. The zero-order valence-corrected chi connectivity index (χ0v) is 10.3. The normalized spacial score (nSPS) is 10.6. The number of hydrogen-bond acceptors (Lipinski definition) is 4. The molecule has 0 aliphatic heterocycles. The number of aryl methyl sites for hydroxylation is 1. The van der Waals surface area contributed by atoms with Gasteiger partial charge in [-0.1, -0.05) is 17.7 Å². The van der Waals surface area contributed by atoms with Gasteiger partial charge in [0.25, 0.3) is 0 Å². The number of nitrogens with zero attached hydrogens (tertiary/aromatic N) is 2. The summed E-state index contributed by atoms with van der Waals surface area (Å²) in [5, 5.41) is 3.61. The van der Waals surface area contributed by atoms with Crippen molar-refractivity contribution in [1.29, 1.82) is 0 Å². The summed E-state index contributed by atoms with van der Waals surface area (Å²) in [5.74, 6) is 0.510. The minimum absolute atomic E-state index is 0.107. The molecule has 0 amide bonds. The van der Waals surface area contributed by atoms with Gasteiger partial charge in [0, 0.05) is 18.0 Å². The van der Waals surface area contributed by atoms with Crippen LogP contribution in [0.5, 0.6) is 0 Å². The Hall–Kier alpha value is -2.69. The van der Waals surface area contributed by atoms with Crippen molar-refractivity contribution in [3.63, 3.8) is 0 Å². The molecule has 2 N–H and O–H groups in total. The maximum Gasteiger partial charge on any atom is 0.194 e. The number of fused-ring (bicyclic) bond motifs is 1. The minimum Gasteiger partial charge on any atom is -0.346 e. The Balaban J connectivity index is 2.10. The summed E-state index contributed by atoms with van der Waals surface area (Å²) in [6.45, 7) is 2.02. The van der Waals surface area contributed by atoms with Crippen LogP contribution in [0.4, 0.5) is 11.5 Å². The Morgan fingerprint density at radius 3 is 2.68 bits per heavy atom. The molecule has 5 heteroatoms. The number of nitrogens with one attached hydrogen (secondary N) is 2. The molecule has 19 heavy (non-hydrogen) atoms. The molecule has 3 aromatic rings. The lowest BCUT2D eigenvalue weighted by atomic mass is 10.2. The van der Waals surface area contributed by atoms with E-state index in [-0.39, 0.29) is 5.43 Å². The predicted molar refractivity (Wildman–Crippen MR) is 74.6 cm³/mol. The Morgan fingerprint density at radius 1 is 1.11 bits per heavy atom. The fraction of sp³-hybridized carbons (Fsp3) is 0.0714. The van der Waals surface area contributed by atoms with Crippen molar-refractivity contribution < 1.29 is 0 Å². The topological polar surface area (TPSA) is 70.7 Å². The molecule has 0 saturated heterocycles. The fourth-order valence-electron chi connectivity index (χ4n) is 1.88. The monoisotopic (exact) mass is 252 g/mol. The number of rotatable bonds is 2. The van der Waals surface area contributed by atoms with Gasteiger partial charge in [0.15, 0.2) is 5.43 Å². The second kappa shape index (κ2) is 4.53. The number of H-pyrrole nitrogens is 1. The molecule has 0 radical (unpaired) electrons. The fourth-order valence-corrected chi connectivity index (χ4v) is 1.88. The van der Waals surface area contributed by atoms with Crippen LogP contribution in [0.3, 0.4) is 0 Å². The number of benzene rings is 1. The van der Waals surface area contributed by atoms with E-state index >= 15 is 0 Å². The molecule has 0 aliphatic rings. The molecule has 94 valence electrons. The van der Waals surface area contributed by atoms with Gasteiger partial charge in [0.1, 0.15) is 23.2 Å². The molecule has 2 aromatic heterocycles. The van der Waals surface area contributed by atoms with E-state index in [1.807, 2.05) is 31.2 Å². The maximum atomic E-state index is 11.9. The highest BCUT2D eigenvalue weighted by molar-refractivity contribution is 5.87. The van der Waals surface area contributed by atoms with E-state index < -0.39 is 0 Å². The van der Waals surface area contributed by atoms with Crippen LogP contribution in [-0.4, -0.2) is 15.0 Å². The number of pyridine rings is 1. The average Bonchev–Trinajstić information content (AvgIpc) is 2.42. The molecular formula is C14H12N4O. The quantitative estimate of drug-likeness (QED) is 0.734. The first-order valence-corrected chi connectivity index (χ1v) is 5.90. The van der Waals surface area contributed by atoms with Gasteiger partial charge in [-0.2, -0.15) is 0 Å². The van der Waals surface area contributed by atoms with Crippen LogP contribution in [0.1, 0.15) is 5.56 Å². The molecule has 0 fully saturated rings. The summed E-state index contributed by atoms with van der Waals surface area (Å²) in [6, 6.07) is 9.35. The van der Waals surface area contributed by atoms with Gasteiger partial charge in [-0.25, -0.2) is 9.97 Å². The first-order chi connectivity index (χ1) is 9.24. The van der Waals surface area contributed by atoms with Gasteiger partial charge in [0.05, 0.1) is 0 Å². The smallest absolute Gasteiger partial charge is 0.194 e. The molecule has 0 bridgehead atoms. The number of aromatic nitrogens is 3. The van der Waals surface area contributed by atoms with Crippen LogP contribution >= 0.6 is 0 Å². The zero-order chi connectivity index (χ0) is 13.2. The molecule has 0 atom stereocenters. The third kappa shape index (κ3) is 2.18. The van der Waals surface area contributed by atoms with Crippen LogP contribution in [0, 0.1) is 6.92 Å². The molecular weight excluding hydrogens is 240 g/mol. The number of aromatic amines is 1. The van der Waals surface area contributed by atoms with Crippen LogP contribution in [0.2, 0.25) is 0 Å². The Labute approximate surface area is 109 Å². The zero-order valence-electron chi connectivity index (χ0n) is 10.3. The molecule has 0 unspecified atom stereocenters. The molecule has 1 aromatic carbocycles. The predicted octanol–water partition coefficient (Wildman–Crippen LogP) is 2.37. The summed E-state index contributed by atoms with van der Waals surface area (Å²) < 4.78 is 0. The van der Waals surface area contributed by atoms with Crippen molar-refractivity contribution in [2.75, 3.05) is 5.32 Å². The standard InChI is InChI=1S/C14H12N4O/c1-9-2-4-10(5-3-9)18-14-12-11(19)6-7-15-13(12)16-8-17-14/h2-8H,1H3,(H2,15,16,17,18,19). The van der Waals surface area contributed by atoms with Gasteiger partial charge < -0.3 is 10.3 Å². The number of anilines is 2. The van der Waals surface area contributed by atoms with Crippen LogP contribution < -0.4 is 10.7 Å². The molecule has 5 nitrogen and oxygen atoms in total. The van der Waals surface area contributed by atoms with E-state index in [9.17, 15) is 4.79 Å². The van der Waals surface area contributed by atoms with Crippen molar-refractivity contribution >= 4 is 22.5 Å². The Morgan fingerprint density at radius 2 is 1.89 bits per heavy atom. The van der Waals surface area contributed by atoms with Gasteiger partial charge in [-0.05, 0) is 19.1 Å². The molecule has 0 spiro atoms. The Kier molecular flexibility index (Phi) is 2.72. The molecule has 2 heterocycles. The highest BCUT2D eigenvalue weighted by atomic mass is 16.1. The van der Waals surface area contributed by atoms with E-state index in [0.717, 1.165) is 5.69 Å². The average molecular weight is 252 g/mol. The first kappa shape index (κ1) is 11.4. The van der Waals surface area contributed by atoms with Crippen molar-refractivity contribution in [3.8, 4) is 0 Å². The lowest BCUT2D eigenvalue weighted by Crippen LogP contribution is -2.06. The molecule has 3 rings (SSSR count). The molecule has 0 saturated carbocycles. The lowest BCUT2D eigenvalue weighted by Gasteiger charge is -2.07. The number of hydrogen-bond donors (Lipinski definition) is 2. The van der Waals surface area contributed by atoms with Crippen molar-refractivity contribution in [2.24, 2.45) is 0 Å². The van der Waals surface area contributed by atoms with E-state index in [1.54, 1.807) is 6.20 Å². The molecule has 0 aliphatic carbocycles. The largest absolute Gasteiger partial charge is 0.346 e. The second-order valence-electron chi connectivity index (χ2n) is 4.28. The van der Waals surface area contributed by atoms with Crippen LogP contribution in [-0.2, 0) is 0 Å². The third-order valence-corrected chi connectivity index (χ3v) is 2.86.